The van der Waals surface area contributed by atoms with Gasteiger partial charge in [0, 0.05) is 30.0 Å². The normalized spacial score (nSPS) is 11.3. The predicted molar refractivity (Wildman–Crippen MR) is 92.0 cm³/mol. The van der Waals surface area contributed by atoms with E-state index in [0.717, 1.165) is 0 Å². The molecule has 0 bridgehead atoms. The smallest absolute Gasteiger partial charge is 0.318 e. The molecule has 9 heteroatoms. The number of thioether (sulfide) groups is 1. The lowest BCUT2D eigenvalue weighted by Gasteiger charge is -2.12. The lowest BCUT2D eigenvalue weighted by atomic mass is 10.2. The van der Waals surface area contributed by atoms with Crippen LogP contribution in [0.25, 0.3) is 5.82 Å². The number of benzene rings is 1. The van der Waals surface area contributed by atoms with Crippen molar-refractivity contribution >= 4 is 23.4 Å². The van der Waals surface area contributed by atoms with E-state index in [9.17, 15) is 18.0 Å². The Balaban J connectivity index is 1.76. The van der Waals surface area contributed by atoms with Crippen LogP contribution in [0.3, 0.4) is 0 Å². The van der Waals surface area contributed by atoms with Crippen LogP contribution in [0.2, 0.25) is 0 Å². The number of rotatable bonds is 5. The third kappa shape index (κ3) is 4.23. The van der Waals surface area contributed by atoms with Crippen molar-refractivity contribution in [3.63, 3.8) is 0 Å². The summed E-state index contributed by atoms with van der Waals surface area (Å²) in [6.45, 7) is 0. The van der Waals surface area contributed by atoms with Gasteiger partial charge >= 0.3 is 12.1 Å². The molecule has 3 aromatic rings. The van der Waals surface area contributed by atoms with E-state index in [4.69, 9.17) is 0 Å². The number of hydrogen-bond donors (Lipinski definition) is 1. The Morgan fingerprint density at radius 3 is 2.58 bits per heavy atom. The van der Waals surface area contributed by atoms with Crippen LogP contribution < -0.4 is 5.32 Å². The lowest BCUT2D eigenvalue weighted by Crippen LogP contribution is -2.30. The zero-order valence-corrected chi connectivity index (χ0v) is 14.1. The van der Waals surface area contributed by atoms with Crippen LogP contribution in [0, 0.1) is 0 Å². The highest BCUT2D eigenvalue weighted by atomic mass is 32.2. The van der Waals surface area contributed by atoms with Crippen LogP contribution in [-0.4, -0.2) is 26.6 Å². The molecule has 0 atom stereocenters. The number of anilines is 1. The molecule has 0 aliphatic carbocycles. The minimum atomic E-state index is -4.94. The number of nitrogens with one attached hydrogen (secondary N) is 1. The van der Waals surface area contributed by atoms with E-state index in [1.165, 1.54) is 17.8 Å². The van der Waals surface area contributed by atoms with Crippen LogP contribution in [0.15, 0.2) is 66.2 Å². The van der Waals surface area contributed by atoms with Gasteiger partial charge in [0.05, 0.1) is 0 Å². The summed E-state index contributed by atoms with van der Waals surface area (Å²) in [4.78, 5) is 19.7. The summed E-state index contributed by atoms with van der Waals surface area (Å²) in [6.07, 6.45) is 0.0948. The summed E-state index contributed by atoms with van der Waals surface area (Å²) in [6, 6.07) is 11.8. The molecule has 0 fully saturated rings. The van der Waals surface area contributed by atoms with Crippen LogP contribution in [0.5, 0.6) is 0 Å². The predicted octanol–water partition coefficient (Wildman–Crippen LogP) is 4.06. The topological polar surface area (TPSA) is 59.8 Å². The summed E-state index contributed by atoms with van der Waals surface area (Å²) >= 11 is 1.33. The molecule has 5 nitrogen and oxygen atoms in total. The molecule has 1 amide bonds. The fourth-order valence-electron chi connectivity index (χ4n) is 2.17. The highest BCUT2D eigenvalue weighted by molar-refractivity contribution is 7.98. The minimum Gasteiger partial charge on any atom is -0.318 e. The van der Waals surface area contributed by atoms with Crippen LogP contribution in [0.1, 0.15) is 5.56 Å². The first-order valence-electron chi connectivity index (χ1n) is 7.49. The maximum absolute atomic E-state index is 12.5. The van der Waals surface area contributed by atoms with E-state index in [-0.39, 0.29) is 5.69 Å². The fourth-order valence-corrected chi connectivity index (χ4v) is 3.14. The van der Waals surface area contributed by atoms with Gasteiger partial charge in [0.1, 0.15) is 5.82 Å². The number of amides is 1. The van der Waals surface area contributed by atoms with Crippen molar-refractivity contribution in [2.45, 2.75) is 17.1 Å². The molecule has 0 aliphatic rings. The molecule has 0 unspecified atom stereocenters. The van der Waals surface area contributed by atoms with Crippen LogP contribution in [-0.2, 0) is 10.5 Å². The van der Waals surface area contributed by atoms with Crippen molar-refractivity contribution in [3.8, 4) is 5.82 Å². The number of aromatic nitrogens is 3. The molecule has 3 rings (SSSR count). The van der Waals surface area contributed by atoms with Crippen molar-refractivity contribution in [2.24, 2.45) is 0 Å². The number of carbonyl (C=O) groups excluding carboxylic acids is 1. The first-order valence-corrected chi connectivity index (χ1v) is 8.47. The van der Waals surface area contributed by atoms with Gasteiger partial charge in [-0.25, -0.2) is 9.97 Å². The number of halogens is 3. The highest BCUT2D eigenvalue weighted by Crippen LogP contribution is 2.28. The molecule has 2 aromatic heterocycles. The third-order valence-corrected chi connectivity index (χ3v) is 4.40. The van der Waals surface area contributed by atoms with Gasteiger partial charge in [-0.1, -0.05) is 36.0 Å². The van der Waals surface area contributed by atoms with Crippen LogP contribution in [0.4, 0.5) is 18.9 Å². The van der Waals surface area contributed by atoms with E-state index < -0.39 is 12.1 Å². The number of imidazole rings is 1. The first kappa shape index (κ1) is 18.0. The fraction of sp³-hybridized carbons (Fsp3) is 0.118. The molecular formula is C17H13F3N4OS. The van der Waals surface area contributed by atoms with E-state index in [2.05, 4.69) is 9.97 Å². The molecule has 26 heavy (non-hydrogen) atoms. The highest BCUT2D eigenvalue weighted by Gasteiger charge is 2.38. The third-order valence-electron chi connectivity index (χ3n) is 3.38. The number of pyridine rings is 1. The molecule has 0 saturated carbocycles. The molecular weight excluding hydrogens is 365 g/mol. The summed E-state index contributed by atoms with van der Waals surface area (Å²) in [5.74, 6) is -0.978. The van der Waals surface area contributed by atoms with Gasteiger partial charge in [-0.15, -0.1) is 0 Å². The van der Waals surface area contributed by atoms with E-state index in [0.29, 0.717) is 22.3 Å². The lowest BCUT2D eigenvalue weighted by molar-refractivity contribution is -0.167. The summed E-state index contributed by atoms with van der Waals surface area (Å²) in [5, 5.41) is 2.55. The van der Waals surface area contributed by atoms with Gasteiger partial charge in [-0.05, 0) is 23.8 Å². The van der Waals surface area contributed by atoms with Gasteiger partial charge in [-0.2, -0.15) is 13.2 Å². The molecule has 0 aliphatic heterocycles. The van der Waals surface area contributed by atoms with Crippen molar-refractivity contribution < 1.29 is 18.0 Å². The number of nitrogens with zero attached hydrogens (tertiary/aromatic N) is 3. The Morgan fingerprint density at radius 2 is 1.85 bits per heavy atom. The van der Waals surface area contributed by atoms with Gasteiger partial charge in [-0.3, -0.25) is 9.36 Å². The second-order valence-electron chi connectivity index (χ2n) is 5.17. The number of para-hydroxylation sites is 1. The minimum absolute atomic E-state index is 0.123. The Kier molecular flexibility index (Phi) is 5.27. The molecule has 1 N–H and O–H groups in total. The van der Waals surface area contributed by atoms with Crippen molar-refractivity contribution in [1.29, 1.82) is 0 Å². The summed E-state index contributed by atoms with van der Waals surface area (Å²) in [7, 11) is 0. The Morgan fingerprint density at radius 1 is 1.08 bits per heavy atom. The zero-order valence-electron chi connectivity index (χ0n) is 13.3. The number of carbonyl (C=O) groups is 1. The van der Waals surface area contributed by atoms with Gasteiger partial charge < -0.3 is 5.32 Å². The van der Waals surface area contributed by atoms with Gasteiger partial charge in [0.15, 0.2) is 5.16 Å². The zero-order chi connectivity index (χ0) is 18.6. The van der Waals surface area contributed by atoms with Crippen molar-refractivity contribution in [2.75, 3.05) is 5.32 Å². The second kappa shape index (κ2) is 7.61. The number of alkyl halides is 3. The van der Waals surface area contributed by atoms with E-state index >= 15 is 0 Å². The van der Waals surface area contributed by atoms with Crippen LogP contribution >= 0.6 is 11.8 Å². The Bertz CT molecular complexity index is 896. The summed E-state index contributed by atoms with van der Waals surface area (Å²) in [5.41, 5.74) is 0.684. The largest absolute Gasteiger partial charge is 0.471 e. The number of hydrogen-bond acceptors (Lipinski definition) is 4. The van der Waals surface area contributed by atoms with E-state index in [1.807, 2.05) is 17.4 Å². The quantitative estimate of drug-likeness (QED) is 0.680. The van der Waals surface area contributed by atoms with Gasteiger partial charge in [0.2, 0.25) is 0 Å². The SMILES string of the molecule is O=C(Nc1ccccc1CSc1nccn1-c1ccccn1)C(F)(F)F. The van der Waals surface area contributed by atoms with E-state index in [1.54, 1.807) is 47.4 Å². The van der Waals surface area contributed by atoms with Crippen molar-refractivity contribution in [1.82, 2.24) is 14.5 Å². The second-order valence-corrected chi connectivity index (χ2v) is 6.11. The summed E-state index contributed by atoms with van der Waals surface area (Å²) < 4.78 is 39.2. The average molecular weight is 378 g/mol. The maximum Gasteiger partial charge on any atom is 0.471 e. The molecule has 0 radical (unpaired) electrons. The molecule has 0 saturated heterocycles. The maximum atomic E-state index is 12.5. The molecule has 0 spiro atoms. The molecule has 134 valence electrons. The monoisotopic (exact) mass is 378 g/mol. The van der Waals surface area contributed by atoms with Gasteiger partial charge in [0.25, 0.3) is 0 Å². The molecule has 1 aromatic carbocycles. The Labute approximate surface area is 151 Å². The molecule has 2 heterocycles. The average Bonchev–Trinajstić information content (AvgIpc) is 3.09. The Hall–Kier alpha value is -2.81. The van der Waals surface area contributed by atoms with Crippen molar-refractivity contribution in [3.05, 3.63) is 66.6 Å². The first-order chi connectivity index (χ1) is 12.4. The standard InChI is InChI=1S/C17H13F3N4OS/c18-17(19,20)15(25)23-13-6-2-1-5-12(13)11-26-16-22-9-10-24(16)14-7-3-4-8-21-14/h1-10H,11H2,(H,23,25).